The van der Waals surface area contributed by atoms with E-state index in [1.807, 2.05) is 107 Å². The fraction of sp³-hybridized carbons (Fsp3) is 0.489. The van der Waals surface area contributed by atoms with E-state index in [-0.39, 0.29) is 46.5 Å². The molecule has 1 aliphatic rings. The number of ether oxygens (including phenoxy) is 4. The van der Waals surface area contributed by atoms with Crippen LogP contribution >= 0.6 is 8.53 Å². The third kappa shape index (κ3) is 11.1. The van der Waals surface area contributed by atoms with Crippen molar-refractivity contribution >= 4 is 28.6 Å². The van der Waals surface area contributed by atoms with E-state index < -0.39 is 52.7 Å². The average molecular weight is 918 g/mol. The molecule has 1 aromatic heterocycles. The summed E-state index contributed by atoms with van der Waals surface area (Å²) < 4.78 is 41.0. The third-order valence-corrected chi connectivity index (χ3v) is 18.0. The summed E-state index contributed by atoms with van der Waals surface area (Å²) >= 11 is 0. The van der Waals surface area contributed by atoms with Crippen LogP contribution in [0.1, 0.15) is 84.7 Å². The number of nitrogens with zero attached hydrogens (tertiary/aromatic N) is 4. The van der Waals surface area contributed by atoms with Gasteiger partial charge >= 0.3 is 14.2 Å². The van der Waals surface area contributed by atoms with E-state index in [1.165, 1.54) is 23.8 Å². The SMILES string of the molecule is COc1ccc(C(OC[C@H]2O[C@@H](n3ccc(NC(C)=O)nc3=O)[C@H](O[Si](C)(C)C(C)(C)C)[C@@H]2OP(O)N[N+](CCC#N)(C(C)C)C(C)C)(c2ccccc2)c2ccc(OC)cc2)cc1. The Balaban J connectivity index is 1.71. The molecule has 1 saturated heterocycles. The van der Waals surface area contributed by atoms with Gasteiger partial charge in [0.05, 0.1) is 33.3 Å². The molecule has 3 aromatic carbocycles. The molecule has 3 N–H and O–H groups in total. The van der Waals surface area contributed by atoms with Crippen molar-refractivity contribution in [3.63, 3.8) is 0 Å². The maximum Gasteiger partial charge on any atom is 0.351 e. The summed E-state index contributed by atoms with van der Waals surface area (Å²) in [6, 6.07) is 28.9. The molecule has 0 bridgehead atoms. The topological polar surface area (TPSA) is 175 Å². The highest BCUT2D eigenvalue weighted by Crippen LogP contribution is 2.48. The number of carbonyl (C=O) groups excluding carboxylic acids is 1. The van der Waals surface area contributed by atoms with E-state index in [0.717, 1.165) is 16.7 Å². The molecule has 0 aliphatic carbocycles. The van der Waals surface area contributed by atoms with Crippen molar-refractivity contribution in [3.05, 3.63) is 118 Å². The lowest BCUT2D eigenvalue weighted by Gasteiger charge is -2.45. The molecule has 0 radical (unpaired) electrons. The second-order valence-electron chi connectivity index (χ2n) is 18.1. The summed E-state index contributed by atoms with van der Waals surface area (Å²) in [7, 11) is -1.92. The number of aromatic nitrogens is 2. The van der Waals surface area contributed by atoms with Gasteiger partial charge in [0.1, 0.15) is 59.9 Å². The zero-order valence-electron chi connectivity index (χ0n) is 39.2. The first-order valence-electron chi connectivity index (χ1n) is 21.6. The van der Waals surface area contributed by atoms with Gasteiger partial charge in [-0.3, -0.25) is 9.36 Å². The van der Waals surface area contributed by atoms with Crippen LogP contribution < -0.4 is 25.7 Å². The van der Waals surface area contributed by atoms with E-state index in [4.69, 9.17) is 27.9 Å². The van der Waals surface area contributed by atoms with Crippen LogP contribution in [0.4, 0.5) is 5.82 Å². The molecule has 1 unspecified atom stereocenters. The van der Waals surface area contributed by atoms with Crippen molar-refractivity contribution in [2.75, 3.05) is 32.7 Å². The van der Waals surface area contributed by atoms with Gasteiger partial charge < -0.3 is 38.1 Å². The van der Waals surface area contributed by atoms with Gasteiger partial charge in [0.25, 0.3) is 0 Å². The molecule has 17 heteroatoms. The lowest BCUT2D eigenvalue weighted by molar-refractivity contribution is -0.994. The highest BCUT2D eigenvalue weighted by atomic mass is 31.2. The molecular weight excluding hydrogens is 852 g/mol. The molecule has 15 nitrogen and oxygen atoms in total. The molecule has 2 heterocycles. The number of nitrogens with one attached hydrogen (secondary N) is 2. The standard InChI is InChI=1S/C47H65N6O9PSi/c1-32(2)53(33(3)4,30-16-28-48)51-63(56)61-42-40(60-44(43(42)62-64(11,12)46(6,7)8)52-29-27-41(49-34(5)54)50-45(52)55)31-59-47(35-17-14-13-15-18-35,36-19-23-38(57-9)24-20-36)37-21-25-39(58-10)26-22-37/h13-15,17-27,29,32-33,40,42-44,51,56H,16,30-31H2,1-12H3/p+1/t40-,42-,43-,44-,63?/m1/s1. The molecule has 5 rings (SSSR count). The van der Waals surface area contributed by atoms with E-state index in [0.29, 0.717) is 18.0 Å². The van der Waals surface area contributed by atoms with E-state index in [2.05, 4.69) is 55.4 Å². The first kappa shape index (κ1) is 50.5. The maximum absolute atomic E-state index is 14.0. The number of nitriles is 1. The molecule has 0 spiro atoms. The normalized spacial score (nSPS) is 18.8. The van der Waals surface area contributed by atoms with E-state index in [1.54, 1.807) is 14.2 Å². The fourth-order valence-corrected chi connectivity index (χ4v) is 10.6. The summed E-state index contributed by atoms with van der Waals surface area (Å²) in [5.74, 6) is 1.05. The predicted octanol–water partition coefficient (Wildman–Crippen LogP) is 8.17. The minimum atomic E-state index is -2.71. The van der Waals surface area contributed by atoms with Crippen molar-refractivity contribution in [3.8, 4) is 17.6 Å². The van der Waals surface area contributed by atoms with Gasteiger partial charge in [0.15, 0.2) is 14.5 Å². The van der Waals surface area contributed by atoms with Crippen LogP contribution in [-0.2, 0) is 28.8 Å². The first-order chi connectivity index (χ1) is 30.2. The Morgan fingerprint density at radius 3 is 1.94 bits per heavy atom. The number of quaternary nitrogens is 1. The molecule has 4 aromatic rings. The van der Waals surface area contributed by atoms with Gasteiger partial charge in [-0.25, -0.2) is 9.39 Å². The van der Waals surface area contributed by atoms with Gasteiger partial charge in [0, 0.05) is 13.1 Å². The number of amides is 1. The fourth-order valence-electron chi connectivity index (χ4n) is 7.90. The van der Waals surface area contributed by atoms with Crippen molar-refractivity contribution in [2.24, 2.45) is 0 Å². The zero-order valence-corrected chi connectivity index (χ0v) is 41.1. The molecule has 5 atom stereocenters. The second-order valence-corrected chi connectivity index (χ2v) is 23.8. The number of carbonyl (C=O) groups is 1. The smallest absolute Gasteiger partial charge is 0.351 e. The number of rotatable bonds is 20. The number of hydrogen-bond acceptors (Lipinski definition) is 12. The average Bonchev–Trinajstić information content (AvgIpc) is 3.57. The molecule has 1 aliphatic heterocycles. The monoisotopic (exact) mass is 917 g/mol. The van der Waals surface area contributed by atoms with Crippen molar-refractivity contribution in [1.82, 2.24) is 14.7 Å². The van der Waals surface area contributed by atoms with E-state index >= 15 is 0 Å². The summed E-state index contributed by atoms with van der Waals surface area (Å²) in [5, 5.41) is 15.3. The van der Waals surface area contributed by atoms with Crippen molar-refractivity contribution in [1.29, 1.82) is 5.26 Å². The summed E-state index contributed by atoms with van der Waals surface area (Å²) in [5.41, 5.74) is 0.464. The zero-order chi connectivity index (χ0) is 47.0. The van der Waals surface area contributed by atoms with Crippen molar-refractivity contribution in [2.45, 2.75) is 122 Å². The van der Waals surface area contributed by atoms with Gasteiger partial charge in [-0.05, 0) is 92.8 Å². The molecular formula is C47H66N6O9PSi+. The van der Waals surface area contributed by atoms with E-state index in [9.17, 15) is 19.7 Å². The lowest BCUT2D eigenvalue weighted by atomic mass is 9.80. The highest BCUT2D eigenvalue weighted by Gasteiger charge is 2.54. The molecule has 0 saturated carbocycles. The van der Waals surface area contributed by atoms with Gasteiger partial charge in [-0.1, -0.05) is 80.6 Å². The largest absolute Gasteiger partial charge is 0.497 e. The first-order valence-corrected chi connectivity index (χ1v) is 25.7. The lowest BCUT2D eigenvalue weighted by Crippen LogP contribution is -2.64. The molecule has 1 amide bonds. The summed E-state index contributed by atoms with van der Waals surface area (Å²) in [6.07, 6.45) is -2.30. The van der Waals surface area contributed by atoms with Gasteiger partial charge in [0.2, 0.25) is 5.91 Å². The highest BCUT2D eigenvalue weighted by molar-refractivity contribution is 7.43. The Morgan fingerprint density at radius 1 is 0.922 bits per heavy atom. The Kier molecular flexibility index (Phi) is 16.7. The Labute approximate surface area is 380 Å². The molecule has 346 valence electrons. The Hall–Kier alpha value is -4.53. The van der Waals surface area contributed by atoms with Crippen LogP contribution in [0.2, 0.25) is 18.1 Å². The number of anilines is 1. The molecule has 1 fully saturated rings. The van der Waals surface area contributed by atoms with Gasteiger partial charge in [-0.2, -0.15) is 10.2 Å². The van der Waals surface area contributed by atoms with Crippen LogP contribution in [0.25, 0.3) is 0 Å². The van der Waals surface area contributed by atoms with Crippen LogP contribution in [0.3, 0.4) is 0 Å². The van der Waals surface area contributed by atoms with Crippen LogP contribution in [0.15, 0.2) is 95.9 Å². The molecule has 64 heavy (non-hydrogen) atoms. The minimum Gasteiger partial charge on any atom is -0.497 e. The van der Waals surface area contributed by atoms with Gasteiger partial charge in [-0.15, -0.1) is 0 Å². The van der Waals surface area contributed by atoms with Crippen LogP contribution in [0, 0.1) is 11.3 Å². The summed E-state index contributed by atoms with van der Waals surface area (Å²) in [4.78, 5) is 42.2. The Bertz CT molecular complexity index is 2190. The van der Waals surface area contributed by atoms with Crippen molar-refractivity contribution < 1.29 is 42.2 Å². The maximum atomic E-state index is 14.0. The number of benzene rings is 3. The quantitative estimate of drug-likeness (QED) is 0.0255. The summed E-state index contributed by atoms with van der Waals surface area (Å²) in [6.45, 7) is 20.3. The second kappa shape index (κ2) is 21.2. The minimum absolute atomic E-state index is 0.0488. The predicted molar refractivity (Wildman–Crippen MR) is 250 cm³/mol. The third-order valence-electron chi connectivity index (χ3n) is 12.5. The van der Waals surface area contributed by atoms with Crippen LogP contribution in [0.5, 0.6) is 11.5 Å². The Morgan fingerprint density at radius 2 is 1.47 bits per heavy atom. The number of hydrogen-bond donors (Lipinski definition) is 3. The van der Waals surface area contributed by atoms with Crippen LogP contribution in [-0.4, -0.2) is 91.0 Å². The number of methoxy groups -OCH3 is 2.